The van der Waals surface area contributed by atoms with Gasteiger partial charge in [0.15, 0.2) is 0 Å². The summed E-state index contributed by atoms with van der Waals surface area (Å²) in [5, 5.41) is 9.75. The standard InChI is InChI=1S/C13H19ClO/c1-2-3-11(8-9-15)10-12-4-6-13(14)7-5-12/h4-7,11,15H,2-3,8-10H2,1H3. The Kier molecular flexibility index (Phi) is 5.74. The predicted molar refractivity (Wildman–Crippen MR) is 65.3 cm³/mol. The van der Waals surface area contributed by atoms with Gasteiger partial charge in [0.1, 0.15) is 0 Å². The van der Waals surface area contributed by atoms with E-state index in [0.717, 1.165) is 17.9 Å². The van der Waals surface area contributed by atoms with Crippen molar-refractivity contribution in [3.63, 3.8) is 0 Å². The summed E-state index contributed by atoms with van der Waals surface area (Å²) in [7, 11) is 0. The van der Waals surface area contributed by atoms with Gasteiger partial charge in [-0.3, -0.25) is 0 Å². The Labute approximate surface area is 97.1 Å². The van der Waals surface area contributed by atoms with Gasteiger partial charge in [-0.2, -0.15) is 0 Å². The molecule has 1 aromatic carbocycles. The number of halogens is 1. The van der Waals surface area contributed by atoms with Crippen LogP contribution in [0.1, 0.15) is 31.7 Å². The van der Waals surface area contributed by atoms with Crippen molar-refractivity contribution in [1.82, 2.24) is 0 Å². The molecule has 0 aromatic heterocycles. The van der Waals surface area contributed by atoms with Crippen molar-refractivity contribution in [1.29, 1.82) is 0 Å². The lowest BCUT2D eigenvalue weighted by molar-refractivity contribution is 0.250. The van der Waals surface area contributed by atoms with Crippen LogP contribution in [0.2, 0.25) is 5.02 Å². The SMILES string of the molecule is CCCC(CCO)Cc1ccc(Cl)cc1. The smallest absolute Gasteiger partial charge is 0.0433 e. The van der Waals surface area contributed by atoms with Gasteiger partial charge in [0.25, 0.3) is 0 Å². The molecule has 0 heterocycles. The van der Waals surface area contributed by atoms with Crippen LogP contribution in [0.5, 0.6) is 0 Å². The molecular formula is C13H19ClO. The lowest BCUT2D eigenvalue weighted by atomic mass is 9.92. The van der Waals surface area contributed by atoms with E-state index in [-0.39, 0.29) is 6.61 Å². The highest BCUT2D eigenvalue weighted by Gasteiger charge is 2.07. The molecule has 0 aliphatic carbocycles. The van der Waals surface area contributed by atoms with E-state index in [1.54, 1.807) is 0 Å². The predicted octanol–water partition coefficient (Wildman–Crippen LogP) is 3.68. The molecule has 1 aromatic rings. The van der Waals surface area contributed by atoms with E-state index < -0.39 is 0 Å². The third-order valence-electron chi connectivity index (χ3n) is 2.67. The van der Waals surface area contributed by atoms with E-state index in [0.29, 0.717) is 5.92 Å². The topological polar surface area (TPSA) is 20.2 Å². The molecule has 0 saturated carbocycles. The Bertz CT molecular complexity index is 262. The summed E-state index contributed by atoms with van der Waals surface area (Å²) in [6.45, 7) is 2.48. The number of rotatable bonds is 6. The Morgan fingerprint density at radius 1 is 1.20 bits per heavy atom. The van der Waals surface area contributed by atoms with Crippen molar-refractivity contribution in [3.05, 3.63) is 34.9 Å². The molecule has 0 fully saturated rings. The molecular weight excluding hydrogens is 208 g/mol. The van der Waals surface area contributed by atoms with Crippen molar-refractivity contribution in [2.45, 2.75) is 32.6 Å². The van der Waals surface area contributed by atoms with Gasteiger partial charge in [0, 0.05) is 11.6 Å². The third kappa shape index (κ3) is 4.67. The highest BCUT2D eigenvalue weighted by atomic mass is 35.5. The monoisotopic (exact) mass is 226 g/mol. The van der Waals surface area contributed by atoms with Gasteiger partial charge in [-0.15, -0.1) is 0 Å². The maximum atomic E-state index is 8.96. The number of aliphatic hydroxyl groups is 1. The highest BCUT2D eigenvalue weighted by Crippen LogP contribution is 2.19. The van der Waals surface area contributed by atoms with Crippen LogP contribution in [0.4, 0.5) is 0 Å². The summed E-state index contributed by atoms with van der Waals surface area (Å²) in [4.78, 5) is 0. The average Bonchev–Trinajstić information content (AvgIpc) is 2.22. The number of aliphatic hydroxyl groups excluding tert-OH is 1. The van der Waals surface area contributed by atoms with Crippen molar-refractivity contribution >= 4 is 11.6 Å². The largest absolute Gasteiger partial charge is 0.396 e. The number of benzene rings is 1. The summed E-state index contributed by atoms with van der Waals surface area (Å²) in [5.41, 5.74) is 1.31. The molecule has 1 nitrogen and oxygen atoms in total. The Morgan fingerprint density at radius 2 is 1.87 bits per heavy atom. The molecule has 0 spiro atoms. The quantitative estimate of drug-likeness (QED) is 0.785. The molecule has 1 N–H and O–H groups in total. The lowest BCUT2D eigenvalue weighted by Gasteiger charge is -2.14. The van der Waals surface area contributed by atoms with E-state index in [2.05, 4.69) is 19.1 Å². The fourth-order valence-electron chi connectivity index (χ4n) is 1.89. The molecule has 84 valence electrons. The summed E-state index contributed by atoms with van der Waals surface area (Å²) >= 11 is 5.83. The van der Waals surface area contributed by atoms with Crippen LogP contribution in [0.15, 0.2) is 24.3 Å². The minimum atomic E-state index is 0.290. The van der Waals surface area contributed by atoms with Gasteiger partial charge >= 0.3 is 0 Å². The minimum Gasteiger partial charge on any atom is -0.396 e. The zero-order valence-corrected chi connectivity index (χ0v) is 10.0. The van der Waals surface area contributed by atoms with Crippen LogP contribution < -0.4 is 0 Å². The maximum Gasteiger partial charge on any atom is 0.0433 e. The second kappa shape index (κ2) is 6.86. The van der Waals surface area contributed by atoms with Crippen LogP contribution in [0, 0.1) is 5.92 Å². The summed E-state index contributed by atoms with van der Waals surface area (Å²) in [6.07, 6.45) is 4.31. The summed E-state index contributed by atoms with van der Waals surface area (Å²) < 4.78 is 0. The molecule has 2 heteroatoms. The van der Waals surface area contributed by atoms with Gasteiger partial charge in [0.2, 0.25) is 0 Å². The van der Waals surface area contributed by atoms with Crippen LogP contribution in [0.3, 0.4) is 0 Å². The first-order chi connectivity index (χ1) is 7.26. The summed E-state index contributed by atoms with van der Waals surface area (Å²) in [6, 6.07) is 8.00. The van der Waals surface area contributed by atoms with E-state index in [1.807, 2.05) is 12.1 Å². The average molecular weight is 227 g/mol. The van der Waals surface area contributed by atoms with E-state index in [1.165, 1.54) is 18.4 Å². The molecule has 15 heavy (non-hydrogen) atoms. The molecule has 0 amide bonds. The first kappa shape index (κ1) is 12.5. The number of hydrogen-bond acceptors (Lipinski definition) is 1. The zero-order valence-electron chi connectivity index (χ0n) is 9.25. The van der Waals surface area contributed by atoms with Gasteiger partial charge in [-0.05, 0) is 36.5 Å². The van der Waals surface area contributed by atoms with E-state index >= 15 is 0 Å². The Morgan fingerprint density at radius 3 is 2.40 bits per heavy atom. The first-order valence-electron chi connectivity index (χ1n) is 5.61. The molecule has 1 rings (SSSR count). The lowest BCUT2D eigenvalue weighted by Crippen LogP contribution is -2.06. The highest BCUT2D eigenvalue weighted by molar-refractivity contribution is 6.30. The van der Waals surface area contributed by atoms with E-state index in [9.17, 15) is 0 Å². The van der Waals surface area contributed by atoms with E-state index in [4.69, 9.17) is 16.7 Å². The third-order valence-corrected chi connectivity index (χ3v) is 2.92. The second-order valence-electron chi connectivity index (χ2n) is 4.00. The van der Waals surface area contributed by atoms with Crippen LogP contribution in [0.25, 0.3) is 0 Å². The Balaban J connectivity index is 2.53. The molecule has 0 saturated heterocycles. The van der Waals surface area contributed by atoms with Crippen molar-refractivity contribution in [2.75, 3.05) is 6.61 Å². The Hall–Kier alpha value is -0.530. The minimum absolute atomic E-state index is 0.290. The molecule has 0 aliphatic heterocycles. The second-order valence-corrected chi connectivity index (χ2v) is 4.43. The van der Waals surface area contributed by atoms with Crippen LogP contribution >= 0.6 is 11.6 Å². The van der Waals surface area contributed by atoms with Crippen molar-refractivity contribution in [2.24, 2.45) is 5.92 Å². The number of hydrogen-bond donors (Lipinski definition) is 1. The van der Waals surface area contributed by atoms with Gasteiger partial charge in [-0.1, -0.05) is 43.5 Å². The molecule has 0 bridgehead atoms. The summed E-state index contributed by atoms with van der Waals surface area (Å²) in [5.74, 6) is 0.598. The van der Waals surface area contributed by atoms with Crippen molar-refractivity contribution < 1.29 is 5.11 Å². The molecule has 0 aliphatic rings. The fraction of sp³-hybridized carbons (Fsp3) is 0.538. The van der Waals surface area contributed by atoms with Crippen LogP contribution in [-0.4, -0.2) is 11.7 Å². The maximum absolute atomic E-state index is 8.96. The first-order valence-corrected chi connectivity index (χ1v) is 5.99. The molecule has 1 unspecified atom stereocenters. The fourth-order valence-corrected chi connectivity index (χ4v) is 2.02. The normalized spacial score (nSPS) is 12.7. The zero-order chi connectivity index (χ0) is 11.1. The van der Waals surface area contributed by atoms with Crippen LogP contribution in [-0.2, 0) is 6.42 Å². The van der Waals surface area contributed by atoms with Gasteiger partial charge < -0.3 is 5.11 Å². The molecule has 1 atom stereocenters. The van der Waals surface area contributed by atoms with Gasteiger partial charge in [0.05, 0.1) is 0 Å². The molecule has 0 radical (unpaired) electrons. The van der Waals surface area contributed by atoms with Crippen molar-refractivity contribution in [3.8, 4) is 0 Å². The van der Waals surface area contributed by atoms with Gasteiger partial charge in [-0.25, -0.2) is 0 Å².